The molecular formula is C10H10F4O2S. The molecule has 2 nitrogen and oxygen atoms in total. The third-order valence-electron chi connectivity index (χ3n) is 2.24. The number of hydrogen-bond donors (Lipinski definition) is 0. The molecule has 0 aliphatic heterocycles. The molecule has 0 bridgehead atoms. The van der Waals surface area contributed by atoms with Crippen LogP contribution in [0, 0.1) is 11.6 Å². The van der Waals surface area contributed by atoms with E-state index in [1.54, 1.807) is 0 Å². The van der Waals surface area contributed by atoms with Gasteiger partial charge in [-0.1, -0.05) is 13.0 Å². The van der Waals surface area contributed by atoms with Gasteiger partial charge in [-0.25, -0.2) is 26.0 Å². The zero-order valence-electron chi connectivity index (χ0n) is 8.88. The largest absolute Gasteiger partial charge is 0.266 e. The fourth-order valence-corrected chi connectivity index (χ4v) is 2.12. The first-order valence-electron chi connectivity index (χ1n) is 4.74. The lowest BCUT2D eigenvalue weighted by Gasteiger charge is -2.07. The summed E-state index contributed by atoms with van der Waals surface area (Å²) >= 11 is 0. The van der Waals surface area contributed by atoms with Crippen molar-refractivity contribution in [2.24, 2.45) is 0 Å². The molecule has 0 fully saturated rings. The SMILES string of the molecule is CCS(=O)(=O)Cc1ccc(C(F)F)c(F)c1F. The van der Waals surface area contributed by atoms with Crippen LogP contribution in [0.2, 0.25) is 0 Å². The van der Waals surface area contributed by atoms with Crippen molar-refractivity contribution in [3.8, 4) is 0 Å². The maximum atomic E-state index is 13.3. The summed E-state index contributed by atoms with van der Waals surface area (Å²) in [7, 11) is -3.54. The molecule has 0 aliphatic carbocycles. The van der Waals surface area contributed by atoms with Gasteiger partial charge in [0.2, 0.25) is 0 Å². The lowest BCUT2D eigenvalue weighted by atomic mass is 10.1. The standard InChI is InChI=1S/C10H10F4O2S/c1-2-17(15,16)5-6-3-4-7(10(13)14)9(12)8(6)11/h3-4,10H,2,5H2,1H3. The fraction of sp³-hybridized carbons (Fsp3) is 0.400. The molecule has 96 valence electrons. The third kappa shape index (κ3) is 3.18. The third-order valence-corrected chi connectivity index (χ3v) is 3.87. The van der Waals surface area contributed by atoms with Crippen molar-refractivity contribution < 1.29 is 26.0 Å². The van der Waals surface area contributed by atoms with Crippen LogP contribution in [0.15, 0.2) is 12.1 Å². The van der Waals surface area contributed by atoms with E-state index in [2.05, 4.69) is 0 Å². The Morgan fingerprint density at radius 2 is 1.76 bits per heavy atom. The van der Waals surface area contributed by atoms with Crippen LogP contribution in [0.1, 0.15) is 24.5 Å². The number of alkyl halides is 2. The monoisotopic (exact) mass is 270 g/mol. The summed E-state index contributed by atoms with van der Waals surface area (Å²) in [5.41, 5.74) is -1.51. The predicted molar refractivity (Wildman–Crippen MR) is 54.5 cm³/mol. The minimum atomic E-state index is -3.54. The molecule has 0 saturated carbocycles. The Labute approximate surface area is 96.2 Å². The van der Waals surface area contributed by atoms with E-state index in [0.717, 1.165) is 6.07 Å². The predicted octanol–water partition coefficient (Wildman–Crippen LogP) is 2.84. The Balaban J connectivity index is 3.18. The van der Waals surface area contributed by atoms with Gasteiger partial charge in [-0.2, -0.15) is 0 Å². The van der Waals surface area contributed by atoms with E-state index < -0.39 is 44.8 Å². The molecule has 1 aromatic carbocycles. The van der Waals surface area contributed by atoms with Crippen LogP contribution in [0.4, 0.5) is 17.6 Å². The molecule has 0 aliphatic rings. The van der Waals surface area contributed by atoms with Crippen LogP contribution < -0.4 is 0 Å². The molecule has 0 N–H and O–H groups in total. The lowest BCUT2D eigenvalue weighted by molar-refractivity contribution is 0.145. The summed E-state index contributed by atoms with van der Waals surface area (Å²) in [6.07, 6.45) is -3.14. The fourth-order valence-electron chi connectivity index (χ4n) is 1.22. The van der Waals surface area contributed by atoms with Crippen LogP contribution in [0.5, 0.6) is 0 Å². The highest BCUT2D eigenvalue weighted by Gasteiger charge is 2.21. The summed E-state index contributed by atoms with van der Waals surface area (Å²) in [5, 5.41) is 0. The minimum Gasteiger partial charge on any atom is -0.229 e. The molecule has 0 atom stereocenters. The molecular weight excluding hydrogens is 260 g/mol. The summed E-state index contributed by atoms with van der Waals surface area (Å²) in [6.45, 7) is 1.36. The average Bonchev–Trinajstić information content (AvgIpc) is 2.24. The second-order valence-electron chi connectivity index (χ2n) is 3.42. The molecule has 0 radical (unpaired) electrons. The van der Waals surface area contributed by atoms with E-state index in [1.807, 2.05) is 0 Å². The smallest absolute Gasteiger partial charge is 0.229 e. The molecule has 1 rings (SSSR count). The number of sulfone groups is 1. The van der Waals surface area contributed by atoms with Crippen LogP contribution >= 0.6 is 0 Å². The van der Waals surface area contributed by atoms with E-state index >= 15 is 0 Å². The van der Waals surface area contributed by atoms with E-state index in [0.29, 0.717) is 6.07 Å². The molecule has 0 aromatic heterocycles. The second-order valence-corrected chi connectivity index (χ2v) is 5.77. The lowest BCUT2D eigenvalue weighted by Crippen LogP contribution is -2.09. The molecule has 17 heavy (non-hydrogen) atoms. The highest BCUT2D eigenvalue weighted by atomic mass is 32.2. The van der Waals surface area contributed by atoms with Crippen molar-refractivity contribution in [3.63, 3.8) is 0 Å². The van der Waals surface area contributed by atoms with Gasteiger partial charge < -0.3 is 0 Å². The van der Waals surface area contributed by atoms with Crippen molar-refractivity contribution in [3.05, 3.63) is 34.9 Å². The van der Waals surface area contributed by atoms with Crippen molar-refractivity contribution in [2.45, 2.75) is 19.1 Å². The van der Waals surface area contributed by atoms with E-state index in [-0.39, 0.29) is 5.75 Å². The number of benzene rings is 1. The Morgan fingerprint density at radius 1 is 1.18 bits per heavy atom. The molecule has 0 heterocycles. The van der Waals surface area contributed by atoms with Gasteiger partial charge in [-0.15, -0.1) is 0 Å². The summed E-state index contributed by atoms with van der Waals surface area (Å²) in [6, 6.07) is 1.57. The Bertz CT molecular complexity index is 511. The van der Waals surface area contributed by atoms with Crippen molar-refractivity contribution >= 4 is 9.84 Å². The van der Waals surface area contributed by atoms with Crippen molar-refractivity contribution in [1.82, 2.24) is 0 Å². The molecule has 7 heteroatoms. The number of hydrogen-bond acceptors (Lipinski definition) is 2. The van der Waals surface area contributed by atoms with E-state index in [9.17, 15) is 26.0 Å². The molecule has 0 saturated heterocycles. The second kappa shape index (κ2) is 5.03. The summed E-state index contributed by atoms with van der Waals surface area (Å²) in [4.78, 5) is 0. The first-order chi connectivity index (χ1) is 7.78. The van der Waals surface area contributed by atoms with E-state index in [1.165, 1.54) is 6.92 Å². The maximum Gasteiger partial charge on any atom is 0.266 e. The van der Waals surface area contributed by atoms with Gasteiger partial charge in [0.15, 0.2) is 21.5 Å². The quantitative estimate of drug-likeness (QED) is 0.788. The maximum absolute atomic E-state index is 13.3. The van der Waals surface area contributed by atoms with Gasteiger partial charge in [-0.3, -0.25) is 0 Å². The minimum absolute atomic E-state index is 0.231. The van der Waals surface area contributed by atoms with Gasteiger partial charge in [0, 0.05) is 11.3 Å². The Morgan fingerprint density at radius 3 is 2.24 bits per heavy atom. The summed E-state index contributed by atoms with van der Waals surface area (Å²) < 4.78 is 73.3. The van der Waals surface area contributed by atoms with Crippen molar-refractivity contribution in [1.29, 1.82) is 0 Å². The first-order valence-corrected chi connectivity index (χ1v) is 6.56. The van der Waals surface area contributed by atoms with Gasteiger partial charge in [0.05, 0.1) is 11.3 Å². The normalized spacial score (nSPS) is 12.1. The van der Waals surface area contributed by atoms with Gasteiger partial charge >= 0.3 is 0 Å². The van der Waals surface area contributed by atoms with Crippen LogP contribution in [-0.2, 0) is 15.6 Å². The Kier molecular flexibility index (Phi) is 4.13. The zero-order valence-corrected chi connectivity index (χ0v) is 9.70. The van der Waals surface area contributed by atoms with Gasteiger partial charge in [-0.05, 0) is 6.07 Å². The molecule has 0 spiro atoms. The van der Waals surface area contributed by atoms with Crippen molar-refractivity contribution in [2.75, 3.05) is 5.75 Å². The zero-order chi connectivity index (χ0) is 13.2. The molecule has 1 aromatic rings. The van der Waals surface area contributed by atoms with Gasteiger partial charge in [0.25, 0.3) is 6.43 Å². The molecule has 0 unspecified atom stereocenters. The Hall–Kier alpha value is -1.11. The van der Waals surface area contributed by atoms with Gasteiger partial charge in [0.1, 0.15) is 0 Å². The average molecular weight is 270 g/mol. The molecule has 0 amide bonds. The highest BCUT2D eigenvalue weighted by Crippen LogP contribution is 2.26. The highest BCUT2D eigenvalue weighted by molar-refractivity contribution is 7.90. The summed E-state index contributed by atoms with van der Waals surface area (Å²) in [5.74, 6) is -4.15. The number of rotatable bonds is 4. The number of halogens is 4. The first kappa shape index (κ1) is 14.0. The topological polar surface area (TPSA) is 34.1 Å². The van der Waals surface area contributed by atoms with Crippen LogP contribution in [0.25, 0.3) is 0 Å². The van der Waals surface area contributed by atoms with Crippen LogP contribution in [0.3, 0.4) is 0 Å². The van der Waals surface area contributed by atoms with E-state index in [4.69, 9.17) is 0 Å². The van der Waals surface area contributed by atoms with Crippen LogP contribution in [-0.4, -0.2) is 14.2 Å².